The van der Waals surface area contributed by atoms with E-state index in [-0.39, 0.29) is 11.6 Å². The highest BCUT2D eigenvalue weighted by atomic mass is 35.5. The van der Waals surface area contributed by atoms with Gasteiger partial charge in [-0.05, 0) is 18.2 Å². The Kier molecular flexibility index (Phi) is 3.32. The molecule has 0 bridgehead atoms. The van der Waals surface area contributed by atoms with E-state index in [4.69, 9.17) is 16.3 Å². The van der Waals surface area contributed by atoms with E-state index in [0.29, 0.717) is 17.1 Å². The fraction of sp³-hybridized carbons (Fsp3) is 0.0769. The van der Waals surface area contributed by atoms with E-state index in [9.17, 15) is 5.11 Å². The molecule has 0 unspecified atom stereocenters. The van der Waals surface area contributed by atoms with Crippen LogP contribution in [-0.4, -0.2) is 5.11 Å². The summed E-state index contributed by atoms with van der Waals surface area (Å²) in [4.78, 5) is 0. The van der Waals surface area contributed by atoms with Gasteiger partial charge in [-0.25, -0.2) is 0 Å². The number of halogens is 1. The van der Waals surface area contributed by atoms with Gasteiger partial charge < -0.3 is 9.84 Å². The third-order valence-electron chi connectivity index (χ3n) is 2.20. The smallest absolute Gasteiger partial charge is 0.169 e. The number of phenols is 1. The number of benzene rings is 2. The number of aromatic hydroxyl groups is 1. The Morgan fingerprint density at radius 3 is 2.44 bits per heavy atom. The van der Waals surface area contributed by atoms with Crippen molar-refractivity contribution in [3.05, 3.63) is 54.1 Å². The minimum atomic E-state index is 0.0985. The van der Waals surface area contributed by atoms with Gasteiger partial charge in [-0.3, -0.25) is 0 Å². The van der Waals surface area contributed by atoms with Crippen LogP contribution in [0.15, 0.2) is 48.5 Å². The van der Waals surface area contributed by atoms with Crippen molar-refractivity contribution in [3.63, 3.8) is 0 Å². The van der Waals surface area contributed by atoms with Crippen LogP contribution >= 0.6 is 11.6 Å². The quantitative estimate of drug-likeness (QED) is 0.816. The zero-order chi connectivity index (χ0) is 11.4. The zero-order valence-corrected chi connectivity index (χ0v) is 9.32. The minimum absolute atomic E-state index is 0.0985. The average molecular weight is 235 g/mol. The summed E-state index contributed by atoms with van der Waals surface area (Å²) < 4.78 is 5.54. The van der Waals surface area contributed by atoms with E-state index in [1.807, 2.05) is 30.3 Å². The highest BCUT2D eigenvalue weighted by Gasteiger charge is 2.07. The Hall–Kier alpha value is -1.67. The second-order valence-corrected chi connectivity index (χ2v) is 3.58. The largest absolute Gasteiger partial charge is 0.504 e. The number of alkyl halides is 1. The van der Waals surface area contributed by atoms with Gasteiger partial charge in [-0.1, -0.05) is 30.3 Å². The molecule has 0 aliphatic rings. The molecule has 0 aliphatic heterocycles. The van der Waals surface area contributed by atoms with Crippen LogP contribution in [0.1, 0.15) is 5.56 Å². The molecule has 0 amide bonds. The van der Waals surface area contributed by atoms with Crippen LogP contribution in [0.2, 0.25) is 0 Å². The van der Waals surface area contributed by atoms with E-state index >= 15 is 0 Å². The molecule has 0 heterocycles. The first-order valence-corrected chi connectivity index (χ1v) is 5.44. The predicted octanol–water partition coefficient (Wildman–Crippen LogP) is 3.92. The van der Waals surface area contributed by atoms with Crippen molar-refractivity contribution in [1.82, 2.24) is 0 Å². The number of phenolic OH excluding ortho intramolecular Hbond substituents is 1. The number of rotatable bonds is 3. The van der Waals surface area contributed by atoms with E-state index in [1.165, 1.54) is 0 Å². The van der Waals surface area contributed by atoms with Gasteiger partial charge in [0.2, 0.25) is 0 Å². The van der Waals surface area contributed by atoms with Crippen molar-refractivity contribution >= 4 is 11.6 Å². The van der Waals surface area contributed by atoms with Gasteiger partial charge in [0.25, 0.3) is 0 Å². The van der Waals surface area contributed by atoms with Crippen molar-refractivity contribution in [2.45, 2.75) is 5.88 Å². The second kappa shape index (κ2) is 4.90. The SMILES string of the molecule is Oc1c(CCl)cccc1Oc1ccccc1. The van der Waals surface area contributed by atoms with Crippen LogP contribution in [0.4, 0.5) is 0 Å². The summed E-state index contributed by atoms with van der Waals surface area (Å²) in [5.41, 5.74) is 0.662. The fourth-order valence-corrected chi connectivity index (χ4v) is 1.59. The van der Waals surface area contributed by atoms with Crippen molar-refractivity contribution in [3.8, 4) is 17.2 Å². The van der Waals surface area contributed by atoms with Gasteiger partial charge in [0.15, 0.2) is 11.5 Å². The van der Waals surface area contributed by atoms with Crippen LogP contribution in [0, 0.1) is 0 Å². The Morgan fingerprint density at radius 2 is 1.75 bits per heavy atom. The van der Waals surface area contributed by atoms with Crippen LogP contribution in [-0.2, 0) is 5.88 Å². The molecule has 0 radical (unpaired) electrons. The van der Waals surface area contributed by atoms with Crippen molar-refractivity contribution in [1.29, 1.82) is 0 Å². The molecule has 2 nitrogen and oxygen atoms in total. The highest BCUT2D eigenvalue weighted by Crippen LogP contribution is 2.33. The molecule has 2 aromatic carbocycles. The van der Waals surface area contributed by atoms with Gasteiger partial charge in [0, 0.05) is 5.56 Å². The maximum Gasteiger partial charge on any atom is 0.169 e. The number of hydrogen-bond donors (Lipinski definition) is 1. The van der Waals surface area contributed by atoms with Crippen LogP contribution < -0.4 is 4.74 Å². The Morgan fingerprint density at radius 1 is 1.00 bits per heavy atom. The lowest BCUT2D eigenvalue weighted by Gasteiger charge is -2.09. The molecule has 0 fully saturated rings. The van der Waals surface area contributed by atoms with Gasteiger partial charge in [0.1, 0.15) is 5.75 Å². The normalized spacial score (nSPS) is 10.1. The third kappa shape index (κ3) is 2.28. The lowest BCUT2D eigenvalue weighted by Crippen LogP contribution is -1.87. The number of hydrogen-bond acceptors (Lipinski definition) is 2. The Balaban J connectivity index is 2.28. The van der Waals surface area contributed by atoms with Gasteiger partial charge >= 0.3 is 0 Å². The van der Waals surface area contributed by atoms with Crippen molar-refractivity contribution in [2.75, 3.05) is 0 Å². The van der Waals surface area contributed by atoms with Crippen molar-refractivity contribution < 1.29 is 9.84 Å². The summed E-state index contributed by atoms with van der Waals surface area (Å²) in [7, 11) is 0. The first-order chi connectivity index (χ1) is 7.81. The standard InChI is InChI=1S/C13H11ClO2/c14-9-10-5-4-8-12(13(10)15)16-11-6-2-1-3-7-11/h1-8,15H,9H2. The zero-order valence-electron chi connectivity index (χ0n) is 8.56. The van der Waals surface area contributed by atoms with E-state index in [1.54, 1.807) is 18.2 Å². The summed E-state index contributed by atoms with van der Waals surface area (Å²) >= 11 is 5.69. The van der Waals surface area contributed by atoms with E-state index in [0.717, 1.165) is 0 Å². The summed E-state index contributed by atoms with van der Waals surface area (Å²) in [6.07, 6.45) is 0. The summed E-state index contributed by atoms with van der Waals surface area (Å²) in [5, 5.41) is 9.84. The van der Waals surface area contributed by atoms with Crippen LogP contribution in [0.3, 0.4) is 0 Å². The summed E-state index contributed by atoms with van der Waals surface area (Å²) in [6.45, 7) is 0. The lowest BCUT2D eigenvalue weighted by atomic mass is 10.2. The number of para-hydroxylation sites is 2. The lowest BCUT2D eigenvalue weighted by molar-refractivity contribution is 0.408. The molecule has 82 valence electrons. The van der Waals surface area contributed by atoms with E-state index < -0.39 is 0 Å². The molecule has 0 atom stereocenters. The molecular formula is C13H11ClO2. The Labute approximate surface area is 99.1 Å². The number of ether oxygens (including phenoxy) is 1. The Bertz CT molecular complexity index is 469. The van der Waals surface area contributed by atoms with Crippen molar-refractivity contribution in [2.24, 2.45) is 0 Å². The molecule has 0 aromatic heterocycles. The van der Waals surface area contributed by atoms with Crippen LogP contribution in [0.25, 0.3) is 0 Å². The van der Waals surface area contributed by atoms with E-state index in [2.05, 4.69) is 0 Å². The maximum atomic E-state index is 9.84. The maximum absolute atomic E-state index is 9.84. The average Bonchev–Trinajstić information content (AvgIpc) is 2.33. The van der Waals surface area contributed by atoms with Gasteiger partial charge in [-0.15, -0.1) is 11.6 Å². The molecule has 0 aliphatic carbocycles. The molecular weight excluding hydrogens is 224 g/mol. The van der Waals surface area contributed by atoms with Crippen LogP contribution in [0.5, 0.6) is 17.2 Å². The molecule has 16 heavy (non-hydrogen) atoms. The molecule has 0 saturated heterocycles. The minimum Gasteiger partial charge on any atom is -0.504 e. The fourth-order valence-electron chi connectivity index (χ4n) is 1.37. The van der Waals surface area contributed by atoms with Gasteiger partial charge in [-0.2, -0.15) is 0 Å². The first kappa shape index (κ1) is 10.8. The predicted molar refractivity (Wildman–Crippen MR) is 64.2 cm³/mol. The topological polar surface area (TPSA) is 29.5 Å². The molecule has 2 aromatic rings. The third-order valence-corrected chi connectivity index (χ3v) is 2.49. The molecule has 0 spiro atoms. The molecule has 3 heteroatoms. The second-order valence-electron chi connectivity index (χ2n) is 3.31. The molecule has 2 rings (SSSR count). The molecule has 1 N–H and O–H groups in total. The summed E-state index contributed by atoms with van der Waals surface area (Å²) in [5.74, 6) is 1.47. The van der Waals surface area contributed by atoms with Gasteiger partial charge in [0.05, 0.1) is 5.88 Å². The molecule has 0 saturated carbocycles. The first-order valence-electron chi connectivity index (χ1n) is 4.91. The monoisotopic (exact) mass is 234 g/mol. The summed E-state index contributed by atoms with van der Waals surface area (Å²) in [6, 6.07) is 14.6. The highest BCUT2D eigenvalue weighted by molar-refractivity contribution is 6.17.